The predicted octanol–water partition coefficient (Wildman–Crippen LogP) is 1.55. The van der Waals surface area contributed by atoms with E-state index in [2.05, 4.69) is 10.6 Å². The largest absolute Gasteiger partial charge is 0.399 e. The maximum absolute atomic E-state index is 12.0. The molecule has 0 spiro atoms. The molecule has 4 N–H and O–H groups in total. The van der Waals surface area contributed by atoms with Gasteiger partial charge in [-0.15, -0.1) is 0 Å². The summed E-state index contributed by atoms with van der Waals surface area (Å²) in [5.74, 6) is -0.131. The number of nitrogens with one attached hydrogen (secondary N) is 2. The zero-order chi connectivity index (χ0) is 15.4. The second-order valence-corrected chi connectivity index (χ2v) is 5.84. The molecule has 114 valence electrons. The van der Waals surface area contributed by atoms with Crippen LogP contribution < -0.4 is 16.4 Å². The summed E-state index contributed by atoms with van der Waals surface area (Å²) in [7, 11) is 0. The van der Waals surface area contributed by atoms with Gasteiger partial charge in [0.1, 0.15) is 6.04 Å². The molecule has 5 nitrogen and oxygen atoms in total. The van der Waals surface area contributed by atoms with E-state index in [0.717, 1.165) is 18.4 Å². The van der Waals surface area contributed by atoms with Crippen molar-refractivity contribution in [3.8, 4) is 0 Å². The van der Waals surface area contributed by atoms with Gasteiger partial charge >= 0.3 is 0 Å². The first-order valence-electron chi connectivity index (χ1n) is 7.41. The van der Waals surface area contributed by atoms with E-state index in [1.807, 2.05) is 31.2 Å². The van der Waals surface area contributed by atoms with Crippen molar-refractivity contribution >= 4 is 17.5 Å². The Morgan fingerprint density at radius 2 is 1.86 bits per heavy atom. The highest BCUT2D eigenvalue weighted by molar-refractivity contribution is 5.87. The number of nitrogen functional groups attached to an aromatic ring is 1. The van der Waals surface area contributed by atoms with Crippen LogP contribution in [0.5, 0.6) is 0 Å². The Kier molecular flexibility index (Phi) is 4.83. The second kappa shape index (κ2) is 6.61. The minimum Gasteiger partial charge on any atom is -0.399 e. The minimum atomic E-state index is -0.489. The smallest absolute Gasteiger partial charge is 0.242 e. The van der Waals surface area contributed by atoms with Gasteiger partial charge < -0.3 is 16.4 Å². The van der Waals surface area contributed by atoms with Gasteiger partial charge in [0.05, 0.1) is 0 Å². The average molecular weight is 289 g/mol. The van der Waals surface area contributed by atoms with Gasteiger partial charge in [0.15, 0.2) is 0 Å². The highest BCUT2D eigenvalue weighted by Gasteiger charge is 2.26. The predicted molar refractivity (Wildman–Crippen MR) is 82.7 cm³/mol. The number of anilines is 1. The summed E-state index contributed by atoms with van der Waals surface area (Å²) in [6.45, 7) is 3.70. The van der Waals surface area contributed by atoms with Crippen molar-refractivity contribution in [1.29, 1.82) is 0 Å². The molecule has 0 saturated heterocycles. The molecule has 0 aromatic heterocycles. The Morgan fingerprint density at radius 1 is 1.24 bits per heavy atom. The highest BCUT2D eigenvalue weighted by atomic mass is 16.2. The first-order valence-corrected chi connectivity index (χ1v) is 7.41. The standard InChI is InChI=1S/C16H23N3O2/c1-10(12-3-5-13(17)6-4-12)9-15(20)18-11(2)16(21)19-14-7-8-14/h3-6,10-11,14H,7-9,17H2,1-2H3,(H,18,20)(H,19,21). The molecule has 1 saturated carbocycles. The summed E-state index contributed by atoms with van der Waals surface area (Å²) in [6, 6.07) is 7.33. The molecule has 2 amide bonds. The van der Waals surface area contributed by atoms with Crippen LogP contribution in [0.15, 0.2) is 24.3 Å². The number of amides is 2. The average Bonchev–Trinajstić information content (AvgIpc) is 3.23. The Bertz CT molecular complexity index is 509. The van der Waals surface area contributed by atoms with Crippen LogP contribution in [-0.4, -0.2) is 23.9 Å². The zero-order valence-corrected chi connectivity index (χ0v) is 12.6. The van der Waals surface area contributed by atoms with Crippen molar-refractivity contribution in [2.45, 2.75) is 51.1 Å². The highest BCUT2D eigenvalue weighted by Crippen LogP contribution is 2.20. The molecule has 0 bridgehead atoms. The second-order valence-electron chi connectivity index (χ2n) is 5.84. The van der Waals surface area contributed by atoms with Crippen LogP contribution in [0.2, 0.25) is 0 Å². The van der Waals surface area contributed by atoms with Gasteiger partial charge in [-0.3, -0.25) is 9.59 Å². The van der Waals surface area contributed by atoms with Gasteiger partial charge in [-0.25, -0.2) is 0 Å². The van der Waals surface area contributed by atoms with E-state index >= 15 is 0 Å². The van der Waals surface area contributed by atoms with Gasteiger partial charge in [0, 0.05) is 18.2 Å². The number of hydrogen-bond donors (Lipinski definition) is 3. The monoisotopic (exact) mass is 289 g/mol. The minimum absolute atomic E-state index is 0.0873. The molecule has 0 aliphatic heterocycles. The topological polar surface area (TPSA) is 84.2 Å². The summed E-state index contributed by atoms with van der Waals surface area (Å²) in [6.07, 6.45) is 2.44. The van der Waals surface area contributed by atoms with Crippen molar-refractivity contribution in [1.82, 2.24) is 10.6 Å². The Balaban J connectivity index is 1.79. The molecule has 2 rings (SSSR count). The quantitative estimate of drug-likeness (QED) is 0.695. The van der Waals surface area contributed by atoms with Gasteiger partial charge in [-0.1, -0.05) is 19.1 Å². The van der Waals surface area contributed by atoms with Crippen LogP contribution in [0.1, 0.15) is 44.6 Å². The van der Waals surface area contributed by atoms with E-state index in [-0.39, 0.29) is 17.7 Å². The molecule has 1 aromatic carbocycles. The van der Waals surface area contributed by atoms with E-state index in [0.29, 0.717) is 18.2 Å². The fourth-order valence-corrected chi connectivity index (χ4v) is 2.14. The third-order valence-corrected chi connectivity index (χ3v) is 3.69. The lowest BCUT2D eigenvalue weighted by atomic mass is 9.97. The van der Waals surface area contributed by atoms with Crippen LogP contribution >= 0.6 is 0 Å². The van der Waals surface area contributed by atoms with Crippen LogP contribution in [0, 0.1) is 0 Å². The van der Waals surface area contributed by atoms with Gasteiger partial charge in [0.25, 0.3) is 0 Å². The summed E-state index contributed by atoms with van der Waals surface area (Å²) < 4.78 is 0. The van der Waals surface area contributed by atoms with Crippen molar-refractivity contribution in [3.05, 3.63) is 29.8 Å². The Labute approximate surface area is 125 Å². The summed E-state index contributed by atoms with van der Waals surface area (Å²) in [5.41, 5.74) is 7.42. The van der Waals surface area contributed by atoms with Crippen LogP contribution in [0.4, 0.5) is 5.69 Å². The lowest BCUT2D eigenvalue weighted by Gasteiger charge is -2.16. The van der Waals surface area contributed by atoms with Crippen molar-refractivity contribution in [2.24, 2.45) is 0 Å². The zero-order valence-electron chi connectivity index (χ0n) is 12.6. The summed E-state index contributed by atoms with van der Waals surface area (Å²) in [4.78, 5) is 23.8. The molecular formula is C16H23N3O2. The third-order valence-electron chi connectivity index (χ3n) is 3.69. The van der Waals surface area contributed by atoms with E-state index in [1.54, 1.807) is 6.92 Å². The maximum Gasteiger partial charge on any atom is 0.242 e. The molecule has 0 heterocycles. The maximum atomic E-state index is 12.0. The molecule has 21 heavy (non-hydrogen) atoms. The number of hydrogen-bond acceptors (Lipinski definition) is 3. The molecule has 0 radical (unpaired) electrons. The van der Waals surface area contributed by atoms with Gasteiger partial charge in [0.2, 0.25) is 11.8 Å². The van der Waals surface area contributed by atoms with E-state index < -0.39 is 6.04 Å². The first-order chi connectivity index (χ1) is 9.95. The van der Waals surface area contributed by atoms with E-state index in [1.165, 1.54) is 0 Å². The molecule has 2 atom stereocenters. The van der Waals surface area contributed by atoms with Crippen molar-refractivity contribution in [2.75, 3.05) is 5.73 Å². The van der Waals surface area contributed by atoms with Gasteiger partial charge in [-0.05, 0) is 43.4 Å². The number of benzene rings is 1. The number of carbonyl (C=O) groups is 2. The fraction of sp³-hybridized carbons (Fsp3) is 0.500. The fourth-order valence-electron chi connectivity index (χ4n) is 2.14. The molecule has 1 aromatic rings. The van der Waals surface area contributed by atoms with Crippen molar-refractivity contribution < 1.29 is 9.59 Å². The molecule has 1 fully saturated rings. The van der Waals surface area contributed by atoms with Crippen LogP contribution in [0.3, 0.4) is 0 Å². The normalized spacial score (nSPS) is 16.9. The van der Waals surface area contributed by atoms with E-state index in [9.17, 15) is 9.59 Å². The number of rotatable bonds is 6. The molecule has 5 heteroatoms. The summed E-state index contributed by atoms with van der Waals surface area (Å²) in [5, 5.41) is 5.63. The Morgan fingerprint density at radius 3 is 2.43 bits per heavy atom. The van der Waals surface area contributed by atoms with E-state index in [4.69, 9.17) is 5.73 Å². The third kappa shape index (κ3) is 4.77. The molecule has 1 aliphatic carbocycles. The van der Waals surface area contributed by atoms with Gasteiger partial charge in [-0.2, -0.15) is 0 Å². The first kappa shape index (κ1) is 15.4. The van der Waals surface area contributed by atoms with Crippen molar-refractivity contribution in [3.63, 3.8) is 0 Å². The van der Waals surface area contributed by atoms with Crippen LogP contribution in [-0.2, 0) is 9.59 Å². The SMILES string of the molecule is CC(NC(=O)CC(C)c1ccc(N)cc1)C(=O)NC1CC1. The lowest BCUT2D eigenvalue weighted by molar-refractivity contribution is -0.128. The lowest BCUT2D eigenvalue weighted by Crippen LogP contribution is -2.45. The van der Waals surface area contributed by atoms with Crippen LogP contribution in [0.25, 0.3) is 0 Å². The summed E-state index contributed by atoms with van der Waals surface area (Å²) >= 11 is 0. The number of carbonyl (C=O) groups excluding carboxylic acids is 2. The Hall–Kier alpha value is -2.04. The molecular weight excluding hydrogens is 266 g/mol. The molecule has 1 aliphatic rings. The molecule has 2 unspecified atom stereocenters. The number of nitrogens with two attached hydrogens (primary N) is 1.